The highest BCUT2D eigenvalue weighted by Crippen LogP contribution is 2.18. The number of benzene rings is 1. The lowest BCUT2D eigenvalue weighted by atomic mass is 10.1. The summed E-state index contributed by atoms with van der Waals surface area (Å²) in [5.41, 5.74) is 1.39. The molecule has 3 heteroatoms. The second-order valence-corrected chi connectivity index (χ2v) is 5.83. The minimum Gasteiger partial charge on any atom is -0.313 e. The lowest BCUT2D eigenvalue weighted by Gasteiger charge is -2.14. The molecule has 0 bridgehead atoms. The molecule has 2 N–H and O–H groups in total. The third kappa shape index (κ3) is 5.19. The Bertz CT molecular complexity index is 333. The van der Waals surface area contributed by atoms with Crippen LogP contribution in [0.5, 0.6) is 0 Å². The second kappa shape index (κ2) is 6.53. The molecule has 1 saturated carbocycles. The highest BCUT2D eigenvalue weighted by molar-refractivity contribution is 9.10. The van der Waals surface area contributed by atoms with E-state index in [0.717, 1.165) is 30.0 Å². The van der Waals surface area contributed by atoms with E-state index in [4.69, 9.17) is 0 Å². The predicted molar refractivity (Wildman–Crippen MR) is 76.3 cm³/mol. The van der Waals surface area contributed by atoms with Crippen LogP contribution in [0.1, 0.15) is 25.3 Å². The molecule has 0 aliphatic heterocycles. The largest absolute Gasteiger partial charge is 0.313 e. The van der Waals surface area contributed by atoms with Gasteiger partial charge >= 0.3 is 0 Å². The Kier molecular flexibility index (Phi) is 5.01. The second-order valence-electron chi connectivity index (χ2n) is 4.91. The summed E-state index contributed by atoms with van der Waals surface area (Å²) in [4.78, 5) is 0. The van der Waals surface area contributed by atoms with E-state index in [1.165, 1.54) is 18.4 Å². The van der Waals surface area contributed by atoms with Crippen LogP contribution >= 0.6 is 15.9 Å². The lowest BCUT2D eigenvalue weighted by Crippen LogP contribution is -2.38. The van der Waals surface area contributed by atoms with Crippen LogP contribution in [0.25, 0.3) is 0 Å². The zero-order valence-corrected chi connectivity index (χ0v) is 12.0. The first-order chi connectivity index (χ1) is 8.24. The van der Waals surface area contributed by atoms with Crippen molar-refractivity contribution in [3.8, 4) is 0 Å². The molecule has 0 spiro atoms. The average Bonchev–Trinajstić information content (AvgIpc) is 3.13. The molecule has 1 aliphatic carbocycles. The molecule has 1 unspecified atom stereocenters. The molecule has 1 aromatic carbocycles. The summed E-state index contributed by atoms with van der Waals surface area (Å²) < 4.78 is 1.15. The van der Waals surface area contributed by atoms with Gasteiger partial charge in [-0.1, -0.05) is 28.1 Å². The fraction of sp³-hybridized carbons (Fsp3) is 0.571. The predicted octanol–water partition coefficient (Wildman–Crippen LogP) is 2.72. The first kappa shape index (κ1) is 13.1. The normalized spacial score (nSPS) is 17.1. The molecule has 0 radical (unpaired) electrons. The van der Waals surface area contributed by atoms with Crippen LogP contribution in [0.15, 0.2) is 28.7 Å². The van der Waals surface area contributed by atoms with Gasteiger partial charge in [-0.05, 0) is 50.4 Å². The molecule has 2 nitrogen and oxygen atoms in total. The molecule has 1 aliphatic rings. The van der Waals surface area contributed by atoms with Crippen molar-refractivity contribution in [1.82, 2.24) is 10.6 Å². The van der Waals surface area contributed by atoms with E-state index in [0.29, 0.717) is 6.04 Å². The van der Waals surface area contributed by atoms with Crippen LogP contribution < -0.4 is 10.6 Å². The van der Waals surface area contributed by atoms with Crippen LogP contribution in [0.4, 0.5) is 0 Å². The molecule has 94 valence electrons. The molecule has 1 fully saturated rings. The Morgan fingerprint density at radius 3 is 2.65 bits per heavy atom. The summed E-state index contributed by atoms with van der Waals surface area (Å²) in [5, 5.41) is 7.10. The number of nitrogens with one attached hydrogen (secondary N) is 2. The van der Waals surface area contributed by atoms with E-state index >= 15 is 0 Å². The van der Waals surface area contributed by atoms with Crippen LogP contribution in [0.3, 0.4) is 0 Å². The van der Waals surface area contributed by atoms with Crippen molar-refractivity contribution >= 4 is 15.9 Å². The summed E-state index contributed by atoms with van der Waals surface area (Å²) in [6, 6.07) is 9.94. The maximum Gasteiger partial charge on any atom is 0.0175 e. The van der Waals surface area contributed by atoms with Gasteiger partial charge in [0, 0.05) is 23.1 Å². The first-order valence-electron chi connectivity index (χ1n) is 6.45. The van der Waals surface area contributed by atoms with Crippen LogP contribution in [0.2, 0.25) is 0 Å². The lowest BCUT2D eigenvalue weighted by molar-refractivity contribution is 0.503. The highest BCUT2D eigenvalue weighted by atomic mass is 79.9. The Morgan fingerprint density at radius 1 is 1.29 bits per heavy atom. The van der Waals surface area contributed by atoms with Crippen molar-refractivity contribution < 1.29 is 0 Å². The van der Waals surface area contributed by atoms with Crippen molar-refractivity contribution in [2.24, 2.45) is 0 Å². The summed E-state index contributed by atoms with van der Waals surface area (Å²) in [7, 11) is 0. The zero-order chi connectivity index (χ0) is 12.1. The number of hydrogen-bond donors (Lipinski definition) is 2. The molecule has 1 atom stereocenters. The van der Waals surface area contributed by atoms with Crippen LogP contribution in [-0.4, -0.2) is 25.2 Å². The fourth-order valence-corrected chi connectivity index (χ4v) is 2.08. The van der Waals surface area contributed by atoms with Crippen molar-refractivity contribution in [2.75, 3.05) is 13.1 Å². The minimum atomic E-state index is 0.561. The van der Waals surface area contributed by atoms with E-state index in [1.807, 2.05) is 0 Å². The molecule has 0 heterocycles. The van der Waals surface area contributed by atoms with Crippen molar-refractivity contribution in [2.45, 2.75) is 38.3 Å². The van der Waals surface area contributed by atoms with Gasteiger partial charge in [-0.25, -0.2) is 0 Å². The highest BCUT2D eigenvalue weighted by Gasteiger charge is 2.20. The number of rotatable bonds is 7. The smallest absolute Gasteiger partial charge is 0.0175 e. The van der Waals surface area contributed by atoms with E-state index in [1.54, 1.807) is 0 Å². The Balaban J connectivity index is 1.59. The SMILES string of the molecule is CC(CNC1CC1)NCCc1ccc(Br)cc1. The molecule has 0 aromatic heterocycles. The molecule has 0 saturated heterocycles. The van der Waals surface area contributed by atoms with Crippen molar-refractivity contribution in [3.05, 3.63) is 34.3 Å². The molecule has 2 rings (SSSR count). The van der Waals surface area contributed by atoms with Gasteiger partial charge in [-0.2, -0.15) is 0 Å². The third-order valence-electron chi connectivity index (χ3n) is 3.11. The fourth-order valence-electron chi connectivity index (χ4n) is 1.82. The van der Waals surface area contributed by atoms with Gasteiger partial charge in [0.2, 0.25) is 0 Å². The maximum absolute atomic E-state index is 3.55. The van der Waals surface area contributed by atoms with E-state index in [-0.39, 0.29) is 0 Å². The van der Waals surface area contributed by atoms with Crippen molar-refractivity contribution in [3.63, 3.8) is 0 Å². The van der Waals surface area contributed by atoms with E-state index in [9.17, 15) is 0 Å². The Morgan fingerprint density at radius 2 is 2.00 bits per heavy atom. The topological polar surface area (TPSA) is 24.1 Å². The molecular weight excluding hydrogens is 276 g/mol. The van der Waals surface area contributed by atoms with Gasteiger partial charge in [-0.15, -0.1) is 0 Å². The van der Waals surface area contributed by atoms with Crippen LogP contribution in [-0.2, 0) is 6.42 Å². The van der Waals surface area contributed by atoms with Gasteiger partial charge in [-0.3, -0.25) is 0 Å². The molecular formula is C14H21BrN2. The average molecular weight is 297 g/mol. The summed E-state index contributed by atoms with van der Waals surface area (Å²) in [5.74, 6) is 0. The van der Waals surface area contributed by atoms with Crippen LogP contribution in [0, 0.1) is 0 Å². The zero-order valence-electron chi connectivity index (χ0n) is 10.4. The van der Waals surface area contributed by atoms with Gasteiger partial charge in [0.15, 0.2) is 0 Å². The first-order valence-corrected chi connectivity index (χ1v) is 7.24. The van der Waals surface area contributed by atoms with Gasteiger partial charge in [0.1, 0.15) is 0 Å². The summed E-state index contributed by atoms with van der Waals surface area (Å²) >= 11 is 3.45. The van der Waals surface area contributed by atoms with E-state index in [2.05, 4.69) is 57.8 Å². The van der Waals surface area contributed by atoms with Crippen molar-refractivity contribution in [1.29, 1.82) is 0 Å². The monoisotopic (exact) mass is 296 g/mol. The molecule has 1 aromatic rings. The third-order valence-corrected chi connectivity index (χ3v) is 3.64. The maximum atomic E-state index is 3.55. The van der Waals surface area contributed by atoms with E-state index < -0.39 is 0 Å². The summed E-state index contributed by atoms with van der Waals surface area (Å²) in [6.07, 6.45) is 3.83. The Hall–Kier alpha value is -0.380. The number of halogens is 1. The molecule has 17 heavy (non-hydrogen) atoms. The quantitative estimate of drug-likeness (QED) is 0.808. The van der Waals surface area contributed by atoms with Gasteiger partial charge in [0.05, 0.1) is 0 Å². The molecule has 0 amide bonds. The Labute approximate surface area is 112 Å². The van der Waals surface area contributed by atoms with Gasteiger partial charge < -0.3 is 10.6 Å². The van der Waals surface area contributed by atoms with Gasteiger partial charge in [0.25, 0.3) is 0 Å². The minimum absolute atomic E-state index is 0.561. The summed E-state index contributed by atoms with van der Waals surface area (Å²) in [6.45, 7) is 4.39. The standard InChI is InChI=1S/C14H21BrN2/c1-11(10-17-14-6-7-14)16-9-8-12-2-4-13(15)5-3-12/h2-5,11,14,16-17H,6-10H2,1H3. The number of hydrogen-bond acceptors (Lipinski definition) is 2.